The van der Waals surface area contributed by atoms with Crippen molar-refractivity contribution < 1.29 is 29.1 Å². The minimum Gasteiger partial charge on any atom is -0.481 e. The highest BCUT2D eigenvalue weighted by atomic mass is 16.4. The molecule has 3 amide bonds. The van der Waals surface area contributed by atoms with E-state index >= 15 is 0 Å². The van der Waals surface area contributed by atoms with E-state index in [1.807, 2.05) is 60.7 Å². The number of nitrogens with one attached hydrogen (secondary N) is 1. The quantitative estimate of drug-likeness (QED) is 0.324. The van der Waals surface area contributed by atoms with E-state index in [-0.39, 0.29) is 42.9 Å². The largest absolute Gasteiger partial charge is 0.481 e. The van der Waals surface area contributed by atoms with Gasteiger partial charge in [0.15, 0.2) is 0 Å². The van der Waals surface area contributed by atoms with Gasteiger partial charge in [0, 0.05) is 32.0 Å². The van der Waals surface area contributed by atoms with Gasteiger partial charge in [0.05, 0.1) is 12.5 Å². The van der Waals surface area contributed by atoms with Crippen LogP contribution in [0.3, 0.4) is 0 Å². The van der Waals surface area contributed by atoms with Crippen LogP contribution in [0.15, 0.2) is 60.7 Å². The molecule has 0 aliphatic carbocycles. The fourth-order valence-corrected chi connectivity index (χ4v) is 6.26. The van der Waals surface area contributed by atoms with E-state index in [0.717, 1.165) is 11.1 Å². The zero-order chi connectivity index (χ0) is 30.9. The molecule has 0 saturated carbocycles. The molecule has 2 heterocycles. The van der Waals surface area contributed by atoms with Crippen molar-refractivity contribution in [3.8, 4) is 0 Å². The van der Waals surface area contributed by atoms with Crippen LogP contribution in [0.1, 0.15) is 56.6 Å². The number of nitrogens with two attached hydrogens (primary N) is 1. The molecule has 0 bridgehead atoms. The van der Waals surface area contributed by atoms with Crippen LogP contribution in [0.4, 0.5) is 0 Å². The van der Waals surface area contributed by atoms with Gasteiger partial charge in [-0.15, -0.1) is 0 Å². The molecule has 2 aliphatic rings. The number of carbonyl (C=O) groups excluding carboxylic acids is 4. The molecule has 4 rings (SSSR count). The Morgan fingerprint density at radius 1 is 0.930 bits per heavy atom. The van der Waals surface area contributed by atoms with Crippen molar-refractivity contribution >= 4 is 29.5 Å². The van der Waals surface area contributed by atoms with Crippen molar-refractivity contribution in [2.24, 2.45) is 11.7 Å². The molecule has 5 unspecified atom stereocenters. The molecule has 2 aromatic rings. The second kappa shape index (κ2) is 14.9. The van der Waals surface area contributed by atoms with E-state index in [1.165, 1.54) is 9.80 Å². The van der Waals surface area contributed by atoms with Gasteiger partial charge < -0.3 is 26.0 Å². The first-order chi connectivity index (χ1) is 20.7. The summed E-state index contributed by atoms with van der Waals surface area (Å²) >= 11 is 0. The Kier molecular flexibility index (Phi) is 11.1. The van der Waals surface area contributed by atoms with Gasteiger partial charge in [0.25, 0.3) is 0 Å². The standard InChI is InChI=1S/C33H42N4O6/c1-2-26(38)17-24-19-29(37(21-24)32(42)27(34)18-23-12-7-4-8-13-23)33(43)36-15-9-14-28(36)31(41)35-25(20-30(39)40)16-22-10-5-3-6-11-22/h3-8,10-13,24-25,27-29H,2,9,14-21,34H2,1H3,(H,35,41)(H,39,40). The molecule has 5 atom stereocenters. The number of benzene rings is 2. The lowest BCUT2D eigenvalue weighted by Gasteiger charge is -2.32. The summed E-state index contributed by atoms with van der Waals surface area (Å²) in [4.78, 5) is 68.0. The molecule has 0 spiro atoms. The minimum absolute atomic E-state index is 0.0698. The predicted molar refractivity (Wildman–Crippen MR) is 161 cm³/mol. The molecular formula is C33H42N4O6. The summed E-state index contributed by atoms with van der Waals surface area (Å²) in [5.74, 6) is -2.21. The SMILES string of the molecule is CCC(=O)CC1CC(C(=O)N2CCCC2C(=O)NC(CC(=O)O)Cc2ccccc2)N(C(=O)C(N)Cc2ccccc2)C1. The monoisotopic (exact) mass is 590 g/mol. The fourth-order valence-electron chi connectivity index (χ4n) is 6.26. The van der Waals surface area contributed by atoms with E-state index in [2.05, 4.69) is 5.32 Å². The Morgan fingerprint density at radius 2 is 1.56 bits per heavy atom. The Balaban J connectivity index is 1.49. The molecule has 230 valence electrons. The lowest BCUT2D eigenvalue weighted by atomic mass is 9.97. The maximum atomic E-state index is 14.0. The highest BCUT2D eigenvalue weighted by Crippen LogP contribution is 2.31. The Morgan fingerprint density at radius 3 is 2.16 bits per heavy atom. The van der Waals surface area contributed by atoms with Crippen molar-refractivity contribution in [2.45, 2.75) is 82.5 Å². The summed E-state index contributed by atoms with van der Waals surface area (Å²) in [5, 5.41) is 12.3. The average molecular weight is 591 g/mol. The molecule has 0 aromatic heterocycles. The molecule has 0 radical (unpaired) electrons. The van der Waals surface area contributed by atoms with Crippen LogP contribution in [-0.4, -0.2) is 81.6 Å². The van der Waals surface area contributed by atoms with Crippen LogP contribution >= 0.6 is 0 Å². The molecule has 2 saturated heterocycles. The van der Waals surface area contributed by atoms with Crippen LogP contribution in [0.2, 0.25) is 0 Å². The number of nitrogens with zero attached hydrogens (tertiary/aromatic N) is 2. The third kappa shape index (κ3) is 8.50. The lowest BCUT2D eigenvalue weighted by molar-refractivity contribution is -0.147. The number of likely N-dealkylation sites (tertiary alicyclic amines) is 2. The van der Waals surface area contributed by atoms with E-state index < -0.39 is 36.0 Å². The smallest absolute Gasteiger partial charge is 0.305 e. The number of carboxylic acid groups (broad SMARTS) is 1. The normalized spacial score (nSPS) is 21.3. The zero-order valence-electron chi connectivity index (χ0n) is 24.7. The molecule has 2 aromatic carbocycles. The van der Waals surface area contributed by atoms with Gasteiger partial charge >= 0.3 is 5.97 Å². The summed E-state index contributed by atoms with van der Waals surface area (Å²) in [6.07, 6.45) is 2.44. The summed E-state index contributed by atoms with van der Waals surface area (Å²) in [7, 11) is 0. The molecule has 2 fully saturated rings. The molecule has 43 heavy (non-hydrogen) atoms. The molecular weight excluding hydrogens is 548 g/mol. The number of aliphatic carboxylic acids is 1. The first-order valence-electron chi connectivity index (χ1n) is 15.1. The van der Waals surface area contributed by atoms with Crippen molar-refractivity contribution in [3.05, 3.63) is 71.8 Å². The fraction of sp³-hybridized carbons (Fsp3) is 0.485. The summed E-state index contributed by atoms with van der Waals surface area (Å²) in [5.41, 5.74) is 8.16. The predicted octanol–water partition coefficient (Wildman–Crippen LogP) is 2.34. The Hall–Kier alpha value is -4.05. The third-order valence-electron chi connectivity index (χ3n) is 8.41. The van der Waals surface area contributed by atoms with Gasteiger partial charge in [-0.25, -0.2) is 0 Å². The molecule has 10 heteroatoms. The van der Waals surface area contributed by atoms with Gasteiger partial charge in [-0.3, -0.25) is 24.0 Å². The number of rotatable bonds is 13. The second-order valence-electron chi connectivity index (χ2n) is 11.7. The van der Waals surface area contributed by atoms with Crippen LogP contribution in [0, 0.1) is 5.92 Å². The van der Waals surface area contributed by atoms with Crippen molar-refractivity contribution in [3.63, 3.8) is 0 Å². The lowest BCUT2D eigenvalue weighted by Crippen LogP contribution is -2.56. The number of hydrogen-bond donors (Lipinski definition) is 3. The first-order valence-corrected chi connectivity index (χ1v) is 15.1. The maximum Gasteiger partial charge on any atom is 0.305 e. The van der Waals surface area contributed by atoms with Crippen LogP contribution in [0.25, 0.3) is 0 Å². The number of carboxylic acids is 1. The number of Topliss-reactive ketones (excluding diaryl/α,β-unsaturated/α-hetero) is 1. The van der Waals surface area contributed by atoms with E-state index in [9.17, 15) is 29.1 Å². The zero-order valence-corrected chi connectivity index (χ0v) is 24.7. The van der Waals surface area contributed by atoms with Crippen LogP contribution < -0.4 is 11.1 Å². The highest BCUT2D eigenvalue weighted by Gasteiger charge is 2.46. The van der Waals surface area contributed by atoms with Crippen LogP contribution in [0.5, 0.6) is 0 Å². The van der Waals surface area contributed by atoms with Crippen molar-refractivity contribution in [1.29, 1.82) is 0 Å². The summed E-state index contributed by atoms with van der Waals surface area (Å²) in [6, 6.07) is 15.7. The third-order valence-corrected chi connectivity index (χ3v) is 8.41. The van der Waals surface area contributed by atoms with Gasteiger partial charge in [-0.2, -0.15) is 0 Å². The van der Waals surface area contributed by atoms with Crippen molar-refractivity contribution in [1.82, 2.24) is 15.1 Å². The molecule has 4 N–H and O–H groups in total. The number of amides is 3. The topological polar surface area (TPSA) is 150 Å². The summed E-state index contributed by atoms with van der Waals surface area (Å²) < 4.78 is 0. The first kappa shape index (κ1) is 31.9. The van der Waals surface area contributed by atoms with Crippen LogP contribution in [-0.2, 0) is 36.8 Å². The van der Waals surface area contributed by atoms with Gasteiger partial charge in [-0.1, -0.05) is 67.6 Å². The van der Waals surface area contributed by atoms with E-state index in [1.54, 1.807) is 6.92 Å². The molecule has 10 nitrogen and oxygen atoms in total. The number of carbonyl (C=O) groups is 5. The number of hydrogen-bond acceptors (Lipinski definition) is 6. The van der Waals surface area contributed by atoms with Gasteiger partial charge in [-0.05, 0) is 49.1 Å². The Bertz CT molecular complexity index is 1290. The van der Waals surface area contributed by atoms with Crippen molar-refractivity contribution in [2.75, 3.05) is 13.1 Å². The summed E-state index contributed by atoms with van der Waals surface area (Å²) in [6.45, 7) is 2.40. The van der Waals surface area contributed by atoms with Gasteiger partial charge in [0.1, 0.15) is 17.9 Å². The van der Waals surface area contributed by atoms with E-state index in [0.29, 0.717) is 45.1 Å². The minimum atomic E-state index is -1.03. The highest BCUT2D eigenvalue weighted by molar-refractivity contribution is 5.94. The number of ketones is 1. The average Bonchev–Trinajstić information content (AvgIpc) is 3.65. The maximum absolute atomic E-state index is 14.0. The van der Waals surface area contributed by atoms with Gasteiger partial charge in [0.2, 0.25) is 17.7 Å². The second-order valence-corrected chi connectivity index (χ2v) is 11.7. The Labute approximate surface area is 252 Å². The molecule has 2 aliphatic heterocycles. The van der Waals surface area contributed by atoms with E-state index in [4.69, 9.17) is 5.73 Å².